The maximum absolute atomic E-state index is 12.6. The van der Waals surface area contributed by atoms with Crippen molar-refractivity contribution in [3.63, 3.8) is 0 Å². The zero-order valence-corrected chi connectivity index (χ0v) is 15.1. The third kappa shape index (κ3) is 4.03. The summed E-state index contributed by atoms with van der Waals surface area (Å²) in [6, 6.07) is 9.05. The molecule has 1 aromatic carbocycles. The molecule has 138 valence electrons. The van der Waals surface area contributed by atoms with E-state index in [0.29, 0.717) is 17.9 Å². The number of fused-ring (bicyclic) bond motifs is 1. The van der Waals surface area contributed by atoms with E-state index >= 15 is 0 Å². The first-order valence-electron chi connectivity index (χ1n) is 9.38. The van der Waals surface area contributed by atoms with Crippen LogP contribution in [0.5, 0.6) is 0 Å². The number of carbonyl (C=O) groups is 2. The highest BCUT2D eigenvalue weighted by Gasteiger charge is 2.25. The fourth-order valence-corrected chi connectivity index (χ4v) is 3.62. The average Bonchev–Trinajstić information content (AvgIpc) is 3.09. The van der Waals surface area contributed by atoms with Crippen molar-refractivity contribution in [1.29, 1.82) is 0 Å². The Hall–Kier alpha value is -3.08. The molecule has 1 aliphatic heterocycles. The molecule has 0 saturated carbocycles. The van der Waals surface area contributed by atoms with Gasteiger partial charge in [0.05, 0.1) is 5.56 Å². The lowest BCUT2D eigenvalue weighted by Gasteiger charge is -2.15. The number of nitrogens with one attached hydrogen (secondary N) is 2. The Morgan fingerprint density at radius 2 is 2.11 bits per heavy atom. The number of hydrogen-bond acceptors (Lipinski definition) is 2. The van der Waals surface area contributed by atoms with E-state index in [-0.39, 0.29) is 11.8 Å². The summed E-state index contributed by atoms with van der Waals surface area (Å²) in [5.74, 6) is 0.0789. The number of benzene rings is 1. The summed E-state index contributed by atoms with van der Waals surface area (Å²) in [5.41, 5.74) is 2.52. The largest absolute Gasteiger partial charge is 0.353 e. The zero-order chi connectivity index (χ0) is 18.6. The average molecular weight is 361 g/mol. The van der Waals surface area contributed by atoms with E-state index in [4.69, 9.17) is 0 Å². The van der Waals surface area contributed by atoms with Gasteiger partial charge in [0.15, 0.2) is 0 Å². The minimum Gasteiger partial charge on any atom is -0.353 e. The molecule has 2 aliphatic rings. The Labute approximate surface area is 158 Å². The lowest BCUT2D eigenvalue weighted by atomic mass is 10.0. The van der Waals surface area contributed by atoms with Gasteiger partial charge in [-0.3, -0.25) is 9.59 Å². The molecule has 2 N–H and O–H groups in total. The summed E-state index contributed by atoms with van der Waals surface area (Å²) in [4.78, 5) is 25.1. The van der Waals surface area contributed by atoms with E-state index in [1.807, 2.05) is 41.2 Å². The molecule has 2 atom stereocenters. The summed E-state index contributed by atoms with van der Waals surface area (Å²) in [7, 11) is 0. The Morgan fingerprint density at radius 1 is 1.22 bits per heavy atom. The lowest BCUT2D eigenvalue weighted by Crippen LogP contribution is -2.43. The van der Waals surface area contributed by atoms with E-state index in [0.717, 1.165) is 30.6 Å². The molecule has 2 aromatic rings. The van der Waals surface area contributed by atoms with Gasteiger partial charge in [0.25, 0.3) is 5.91 Å². The van der Waals surface area contributed by atoms with Gasteiger partial charge in [-0.25, -0.2) is 0 Å². The van der Waals surface area contributed by atoms with Crippen LogP contribution in [0.3, 0.4) is 0 Å². The SMILES string of the molecule is O=C(N[C@H]1CCc2ccccc2NC1=O)c1ccn(CC2C=CC=CC2)c1. The Bertz CT molecular complexity index is 910. The molecule has 0 saturated heterocycles. The number of carbonyl (C=O) groups excluding carboxylic acids is 2. The van der Waals surface area contributed by atoms with Gasteiger partial charge in [-0.15, -0.1) is 0 Å². The number of aromatic nitrogens is 1. The number of aryl methyl sites for hydroxylation is 1. The van der Waals surface area contributed by atoms with Gasteiger partial charge in [-0.2, -0.15) is 0 Å². The van der Waals surface area contributed by atoms with Crippen molar-refractivity contribution >= 4 is 17.5 Å². The highest BCUT2D eigenvalue weighted by molar-refractivity contribution is 6.01. The molecule has 1 aliphatic carbocycles. The molecule has 4 rings (SSSR count). The molecular formula is C22H23N3O2. The number of allylic oxidation sites excluding steroid dienone is 4. The predicted molar refractivity (Wildman–Crippen MR) is 105 cm³/mol. The molecule has 0 fully saturated rings. The predicted octanol–water partition coefficient (Wildman–Crippen LogP) is 3.30. The molecular weight excluding hydrogens is 338 g/mol. The molecule has 2 heterocycles. The van der Waals surface area contributed by atoms with Gasteiger partial charge in [-0.05, 0) is 42.9 Å². The van der Waals surface area contributed by atoms with E-state index in [1.165, 1.54) is 0 Å². The number of hydrogen-bond donors (Lipinski definition) is 2. The molecule has 5 heteroatoms. The van der Waals surface area contributed by atoms with Crippen LogP contribution in [0, 0.1) is 5.92 Å². The molecule has 5 nitrogen and oxygen atoms in total. The molecule has 0 bridgehead atoms. The van der Waals surface area contributed by atoms with Crippen LogP contribution in [0.25, 0.3) is 0 Å². The first-order chi connectivity index (χ1) is 13.2. The van der Waals surface area contributed by atoms with Gasteiger partial charge in [0, 0.05) is 24.6 Å². The summed E-state index contributed by atoms with van der Waals surface area (Å²) in [6.07, 6.45) is 14.6. The van der Waals surface area contributed by atoms with Crippen molar-refractivity contribution < 1.29 is 9.59 Å². The van der Waals surface area contributed by atoms with Crippen molar-refractivity contribution in [2.45, 2.75) is 31.8 Å². The van der Waals surface area contributed by atoms with Gasteiger partial charge < -0.3 is 15.2 Å². The molecule has 0 spiro atoms. The van der Waals surface area contributed by atoms with Gasteiger partial charge in [-0.1, -0.05) is 42.5 Å². The van der Waals surface area contributed by atoms with Crippen LogP contribution in [0.1, 0.15) is 28.8 Å². The van der Waals surface area contributed by atoms with E-state index in [2.05, 4.69) is 34.9 Å². The minimum absolute atomic E-state index is 0.160. The topological polar surface area (TPSA) is 63.1 Å². The second-order valence-corrected chi connectivity index (χ2v) is 7.12. The van der Waals surface area contributed by atoms with Crippen LogP contribution in [0.4, 0.5) is 5.69 Å². The summed E-state index contributed by atoms with van der Waals surface area (Å²) < 4.78 is 2.03. The third-order valence-corrected chi connectivity index (χ3v) is 5.13. The normalized spacial score (nSPS) is 21.3. The fourth-order valence-electron chi connectivity index (χ4n) is 3.62. The van der Waals surface area contributed by atoms with E-state index < -0.39 is 6.04 Å². The fraction of sp³-hybridized carbons (Fsp3) is 0.273. The highest BCUT2D eigenvalue weighted by atomic mass is 16.2. The van der Waals surface area contributed by atoms with E-state index in [1.54, 1.807) is 6.07 Å². The molecule has 0 radical (unpaired) electrons. The van der Waals surface area contributed by atoms with Gasteiger partial charge in [0.1, 0.15) is 6.04 Å². The van der Waals surface area contributed by atoms with Crippen LogP contribution >= 0.6 is 0 Å². The third-order valence-electron chi connectivity index (χ3n) is 5.13. The van der Waals surface area contributed by atoms with Crippen LogP contribution in [0.2, 0.25) is 0 Å². The molecule has 1 aromatic heterocycles. The quantitative estimate of drug-likeness (QED) is 0.878. The van der Waals surface area contributed by atoms with Crippen LogP contribution < -0.4 is 10.6 Å². The lowest BCUT2D eigenvalue weighted by molar-refractivity contribution is -0.118. The maximum Gasteiger partial charge on any atom is 0.253 e. The Morgan fingerprint density at radius 3 is 2.96 bits per heavy atom. The van der Waals surface area contributed by atoms with Crippen molar-refractivity contribution in [2.75, 3.05) is 5.32 Å². The second-order valence-electron chi connectivity index (χ2n) is 7.12. The zero-order valence-electron chi connectivity index (χ0n) is 15.1. The van der Waals surface area contributed by atoms with Gasteiger partial charge >= 0.3 is 0 Å². The number of nitrogens with zero attached hydrogens (tertiary/aromatic N) is 1. The number of anilines is 1. The molecule has 27 heavy (non-hydrogen) atoms. The number of para-hydroxylation sites is 1. The van der Waals surface area contributed by atoms with Gasteiger partial charge in [0.2, 0.25) is 5.91 Å². The standard InChI is InChI=1S/C22H23N3O2/c26-21(18-12-13-25(15-18)14-16-6-2-1-3-7-16)24-20-11-10-17-8-4-5-9-19(17)23-22(20)27/h1-6,8-9,12-13,15-16,20H,7,10-11,14H2,(H,23,27)(H,24,26)/t16?,20-/m0/s1. The monoisotopic (exact) mass is 361 g/mol. The molecule has 1 unspecified atom stereocenters. The summed E-state index contributed by atoms with van der Waals surface area (Å²) in [5, 5.41) is 5.80. The molecule has 2 amide bonds. The smallest absolute Gasteiger partial charge is 0.253 e. The van der Waals surface area contributed by atoms with Crippen LogP contribution in [-0.4, -0.2) is 22.4 Å². The number of amides is 2. The van der Waals surface area contributed by atoms with Crippen molar-refractivity contribution in [3.8, 4) is 0 Å². The van der Waals surface area contributed by atoms with Crippen molar-refractivity contribution in [3.05, 3.63) is 78.2 Å². The Balaban J connectivity index is 1.38. The summed E-state index contributed by atoms with van der Waals surface area (Å²) >= 11 is 0. The van der Waals surface area contributed by atoms with Crippen molar-refractivity contribution in [1.82, 2.24) is 9.88 Å². The van der Waals surface area contributed by atoms with Crippen LogP contribution in [-0.2, 0) is 17.8 Å². The second kappa shape index (κ2) is 7.66. The first-order valence-corrected chi connectivity index (χ1v) is 9.38. The minimum atomic E-state index is -0.528. The van der Waals surface area contributed by atoms with Crippen LogP contribution in [0.15, 0.2) is 67.0 Å². The van der Waals surface area contributed by atoms with Crippen molar-refractivity contribution in [2.24, 2.45) is 5.92 Å². The number of rotatable bonds is 4. The maximum atomic E-state index is 12.6. The summed E-state index contributed by atoms with van der Waals surface area (Å²) in [6.45, 7) is 0.841. The Kier molecular flexibility index (Phi) is 4.92. The van der Waals surface area contributed by atoms with E-state index in [9.17, 15) is 9.59 Å². The first kappa shape index (κ1) is 17.3. The highest BCUT2D eigenvalue weighted by Crippen LogP contribution is 2.22.